The number of rotatable bonds is 7. The van der Waals surface area contributed by atoms with E-state index in [1.165, 1.54) is 12.1 Å². The highest BCUT2D eigenvalue weighted by atomic mass is 35.5. The van der Waals surface area contributed by atoms with E-state index in [-0.39, 0.29) is 10.8 Å². The lowest BCUT2D eigenvalue weighted by Crippen LogP contribution is -2.19. The van der Waals surface area contributed by atoms with E-state index in [2.05, 4.69) is 15.5 Å². The number of alkyl halides is 3. The average molecular weight is 455 g/mol. The van der Waals surface area contributed by atoms with Crippen LogP contribution in [0.25, 0.3) is 0 Å². The van der Waals surface area contributed by atoms with Gasteiger partial charge >= 0.3 is 6.18 Å². The summed E-state index contributed by atoms with van der Waals surface area (Å²) < 4.78 is 41.4. The van der Waals surface area contributed by atoms with E-state index < -0.39 is 23.3 Å². The molecule has 0 saturated carbocycles. The summed E-state index contributed by atoms with van der Waals surface area (Å²) in [7, 11) is 0. The maximum Gasteiger partial charge on any atom is 0.418 e. The van der Waals surface area contributed by atoms with E-state index >= 15 is 0 Å². The Morgan fingerprint density at radius 1 is 1.13 bits per heavy atom. The van der Waals surface area contributed by atoms with Gasteiger partial charge in [-0.25, -0.2) is 0 Å². The summed E-state index contributed by atoms with van der Waals surface area (Å²) in [5, 5.41) is 10.9. The summed E-state index contributed by atoms with van der Waals surface area (Å²) in [6.07, 6.45) is -4.04. The van der Waals surface area contributed by atoms with E-state index in [1.54, 1.807) is 0 Å². The minimum absolute atomic E-state index is 0.133. The van der Waals surface area contributed by atoms with Gasteiger partial charge in [-0.15, -0.1) is 10.2 Å². The lowest BCUT2D eigenvalue weighted by molar-refractivity contribution is -0.137. The van der Waals surface area contributed by atoms with Crippen LogP contribution in [-0.2, 0) is 23.9 Å². The Morgan fingerprint density at radius 3 is 2.53 bits per heavy atom. The topological polar surface area (TPSA) is 59.8 Å². The van der Waals surface area contributed by atoms with E-state index in [0.29, 0.717) is 18.1 Å². The first-order chi connectivity index (χ1) is 14.3. The summed E-state index contributed by atoms with van der Waals surface area (Å²) >= 11 is 6.98. The molecule has 2 aromatic carbocycles. The molecule has 0 atom stereocenters. The quantitative estimate of drug-likeness (QED) is 0.493. The summed E-state index contributed by atoms with van der Waals surface area (Å²) in [5.74, 6) is -0.00245. The number of aromatic nitrogens is 3. The van der Waals surface area contributed by atoms with Crippen LogP contribution in [0.5, 0.6) is 0 Å². The van der Waals surface area contributed by atoms with Crippen LogP contribution >= 0.6 is 23.4 Å². The molecule has 5 nitrogen and oxygen atoms in total. The van der Waals surface area contributed by atoms with Crippen LogP contribution < -0.4 is 5.32 Å². The van der Waals surface area contributed by atoms with E-state index in [1.807, 2.05) is 41.8 Å². The van der Waals surface area contributed by atoms with Gasteiger partial charge in [-0.1, -0.05) is 59.8 Å². The van der Waals surface area contributed by atoms with Crippen LogP contribution in [0.3, 0.4) is 0 Å². The van der Waals surface area contributed by atoms with E-state index in [9.17, 15) is 18.0 Å². The molecule has 3 rings (SSSR count). The van der Waals surface area contributed by atoms with Crippen molar-refractivity contribution in [3.63, 3.8) is 0 Å². The first-order valence-electron chi connectivity index (χ1n) is 9.04. The van der Waals surface area contributed by atoms with Gasteiger partial charge in [0.15, 0.2) is 5.16 Å². The zero-order valence-electron chi connectivity index (χ0n) is 15.9. The molecule has 158 valence electrons. The molecule has 0 radical (unpaired) electrons. The van der Waals surface area contributed by atoms with Gasteiger partial charge in [0.05, 0.1) is 22.0 Å². The van der Waals surface area contributed by atoms with Gasteiger partial charge in [0.25, 0.3) is 0 Å². The largest absolute Gasteiger partial charge is 0.418 e. The molecule has 0 spiro atoms. The summed E-state index contributed by atoms with van der Waals surface area (Å²) in [4.78, 5) is 12.3. The highest BCUT2D eigenvalue weighted by Crippen LogP contribution is 2.38. The predicted octanol–water partition coefficient (Wildman–Crippen LogP) is 5.29. The van der Waals surface area contributed by atoms with Gasteiger partial charge in [-0.3, -0.25) is 4.79 Å². The number of carbonyl (C=O) groups is 1. The Kier molecular flexibility index (Phi) is 7.04. The van der Waals surface area contributed by atoms with Crippen molar-refractivity contribution in [2.24, 2.45) is 0 Å². The number of hydrogen-bond donors (Lipinski definition) is 1. The van der Waals surface area contributed by atoms with Crippen molar-refractivity contribution in [2.45, 2.75) is 31.2 Å². The fourth-order valence-corrected chi connectivity index (χ4v) is 3.89. The Labute approximate surface area is 180 Å². The molecule has 1 amide bonds. The number of amides is 1. The van der Waals surface area contributed by atoms with Crippen molar-refractivity contribution in [1.29, 1.82) is 0 Å². The summed E-state index contributed by atoms with van der Waals surface area (Å²) in [6, 6.07) is 13.1. The molecule has 0 aliphatic carbocycles. The molecular formula is C20H18ClF3N4OS. The minimum Gasteiger partial charge on any atom is -0.324 e. The number of halogens is 4. The zero-order chi connectivity index (χ0) is 21.7. The molecule has 10 heteroatoms. The van der Waals surface area contributed by atoms with Gasteiger partial charge in [0, 0.05) is 13.0 Å². The number of thioether (sulfide) groups is 1. The van der Waals surface area contributed by atoms with Gasteiger partial charge in [0.1, 0.15) is 5.82 Å². The Bertz CT molecular complexity index is 1020. The van der Waals surface area contributed by atoms with Crippen LogP contribution in [0.15, 0.2) is 53.7 Å². The Balaban J connectivity index is 1.69. The number of para-hydroxylation sites is 1. The van der Waals surface area contributed by atoms with E-state index in [4.69, 9.17) is 11.6 Å². The molecule has 3 aromatic rings. The number of benzene rings is 2. The monoisotopic (exact) mass is 454 g/mol. The predicted molar refractivity (Wildman–Crippen MR) is 111 cm³/mol. The molecule has 1 aromatic heterocycles. The average Bonchev–Trinajstić information content (AvgIpc) is 3.09. The van der Waals surface area contributed by atoms with Crippen LogP contribution in [0.1, 0.15) is 23.9 Å². The number of nitrogens with one attached hydrogen (secondary N) is 1. The molecule has 30 heavy (non-hydrogen) atoms. The van der Waals surface area contributed by atoms with Gasteiger partial charge < -0.3 is 9.88 Å². The van der Waals surface area contributed by atoms with Gasteiger partial charge in [0.2, 0.25) is 5.91 Å². The smallest absolute Gasteiger partial charge is 0.324 e. The van der Waals surface area contributed by atoms with E-state index in [0.717, 1.165) is 29.2 Å². The normalized spacial score (nSPS) is 11.5. The molecular weight excluding hydrogens is 437 g/mol. The van der Waals surface area contributed by atoms with Gasteiger partial charge in [-0.2, -0.15) is 13.2 Å². The number of hydrogen-bond acceptors (Lipinski definition) is 4. The number of nitrogens with zero attached hydrogens (tertiary/aromatic N) is 3. The molecule has 1 heterocycles. The Hall–Kier alpha value is -2.52. The standard InChI is InChI=1S/C20H18ClF3N4OS/c1-2-28-16(11-13-7-4-3-5-8-13)26-27-19(28)30-12-17(29)25-18-14(20(22,23)24)9-6-10-15(18)21/h3-10H,2,11-12H2,1H3,(H,25,29). The van der Waals surface area contributed by atoms with Crippen LogP contribution in [0.4, 0.5) is 18.9 Å². The number of anilines is 1. The van der Waals surface area contributed by atoms with Gasteiger partial charge in [-0.05, 0) is 24.6 Å². The third kappa shape index (κ3) is 5.34. The van der Waals surface area contributed by atoms with Crippen LogP contribution in [0.2, 0.25) is 5.02 Å². The molecule has 0 bridgehead atoms. The lowest BCUT2D eigenvalue weighted by Gasteiger charge is -2.15. The van der Waals surface area contributed by atoms with Crippen molar-refractivity contribution in [3.05, 3.63) is 70.5 Å². The third-order valence-electron chi connectivity index (χ3n) is 4.23. The molecule has 0 saturated heterocycles. The maximum absolute atomic E-state index is 13.2. The summed E-state index contributed by atoms with van der Waals surface area (Å²) in [6.45, 7) is 2.53. The second kappa shape index (κ2) is 9.53. The lowest BCUT2D eigenvalue weighted by atomic mass is 10.1. The van der Waals surface area contributed by atoms with Crippen molar-refractivity contribution in [1.82, 2.24) is 14.8 Å². The second-order valence-corrected chi connectivity index (χ2v) is 7.65. The van der Waals surface area contributed by atoms with Crippen LogP contribution in [-0.4, -0.2) is 26.4 Å². The van der Waals surface area contributed by atoms with Crippen molar-refractivity contribution < 1.29 is 18.0 Å². The van der Waals surface area contributed by atoms with Crippen molar-refractivity contribution >= 4 is 35.0 Å². The zero-order valence-corrected chi connectivity index (χ0v) is 17.5. The Morgan fingerprint density at radius 2 is 1.87 bits per heavy atom. The molecule has 1 N–H and O–H groups in total. The number of carbonyl (C=O) groups excluding carboxylic acids is 1. The minimum atomic E-state index is -4.63. The fraction of sp³-hybridized carbons (Fsp3) is 0.250. The van der Waals surface area contributed by atoms with Crippen molar-refractivity contribution in [3.8, 4) is 0 Å². The molecule has 0 fully saturated rings. The SMILES string of the molecule is CCn1c(Cc2ccccc2)nnc1SCC(=O)Nc1c(Cl)cccc1C(F)(F)F. The first-order valence-corrected chi connectivity index (χ1v) is 10.4. The van der Waals surface area contributed by atoms with Crippen molar-refractivity contribution in [2.75, 3.05) is 11.1 Å². The summed E-state index contributed by atoms with van der Waals surface area (Å²) in [5.41, 5.74) is -0.360. The molecule has 0 aliphatic heterocycles. The second-order valence-electron chi connectivity index (χ2n) is 6.30. The molecule has 0 unspecified atom stereocenters. The highest BCUT2D eigenvalue weighted by molar-refractivity contribution is 7.99. The molecule has 0 aliphatic rings. The third-order valence-corrected chi connectivity index (χ3v) is 5.51. The maximum atomic E-state index is 13.2. The highest BCUT2D eigenvalue weighted by Gasteiger charge is 2.34. The first kappa shape index (κ1) is 22.2. The fourth-order valence-electron chi connectivity index (χ4n) is 2.85. The van der Waals surface area contributed by atoms with Crippen LogP contribution in [0, 0.1) is 0 Å².